The van der Waals surface area contributed by atoms with Crippen molar-refractivity contribution in [1.82, 2.24) is 15.1 Å². The van der Waals surface area contributed by atoms with Gasteiger partial charge in [0.15, 0.2) is 0 Å². The van der Waals surface area contributed by atoms with Gasteiger partial charge in [-0.2, -0.15) is 5.10 Å². The summed E-state index contributed by atoms with van der Waals surface area (Å²) in [5.74, 6) is 0.0548. The molecule has 1 N–H and O–H groups in total. The zero-order valence-electron chi connectivity index (χ0n) is 10.0. The van der Waals surface area contributed by atoms with Gasteiger partial charge in [0.1, 0.15) is 6.04 Å². The molecule has 1 unspecified atom stereocenters. The van der Waals surface area contributed by atoms with Crippen LogP contribution < -0.4 is 5.32 Å². The number of nitrogens with one attached hydrogen (secondary N) is 1. The smallest absolute Gasteiger partial charge is 0.245 e. The molecule has 0 spiro atoms. The fourth-order valence-electron chi connectivity index (χ4n) is 2.35. The van der Waals surface area contributed by atoms with Gasteiger partial charge in [-0.15, -0.1) is 0 Å². The first kappa shape index (κ1) is 12.4. The summed E-state index contributed by atoms with van der Waals surface area (Å²) in [7, 11) is 0. The van der Waals surface area contributed by atoms with Crippen LogP contribution in [-0.2, 0) is 4.79 Å². The van der Waals surface area contributed by atoms with E-state index in [9.17, 15) is 4.79 Å². The molecule has 0 aromatic carbocycles. The predicted octanol–water partition coefficient (Wildman–Crippen LogP) is 2.55. The molecule has 4 nitrogen and oxygen atoms in total. The van der Waals surface area contributed by atoms with Crippen LogP contribution in [0, 0.1) is 0 Å². The molecule has 1 fully saturated rings. The lowest BCUT2D eigenvalue weighted by Gasteiger charge is -2.18. The van der Waals surface area contributed by atoms with Crippen LogP contribution in [0.15, 0.2) is 12.4 Å². The molecule has 1 aromatic rings. The van der Waals surface area contributed by atoms with Crippen molar-refractivity contribution in [2.45, 2.75) is 51.1 Å². The lowest BCUT2D eigenvalue weighted by Crippen LogP contribution is -2.38. The Morgan fingerprint density at radius 3 is 2.88 bits per heavy atom. The molecule has 0 radical (unpaired) electrons. The van der Waals surface area contributed by atoms with E-state index in [2.05, 4.69) is 10.4 Å². The van der Waals surface area contributed by atoms with Crippen molar-refractivity contribution in [2.24, 2.45) is 0 Å². The number of amides is 1. The predicted molar refractivity (Wildman–Crippen MR) is 67.0 cm³/mol. The third kappa shape index (κ3) is 3.00. The maximum absolute atomic E-state index is 12.1. The van der Waals surface area contributed by atoms with Gasteiger partial charge in [0.25, 0.3) is 0 Å². The SMILES string of the molecule is CCC(C(=O)NC1CCCC1)n1cc(Cl)cn1. The maximum atomic E-state index is 12.1. The van der Waals surface area contributed by atoms with E-state index in [0.717, 1.165) is 19.3 Å². The fourth-order valence-corrected chi connectivity index (χ4v) is 2.49. The molecule has 1 heterocycles. The van der Waals surface area contributed by atoms with Crippen LogP contribution in [0.5, 0.6) is 0 Å². The molecule has 0 aliphatic heterocycles. The van der Waals surface area contributed by atoms with Crippen LogP contribution in [0.4, 0.5) is 0 Å². The van der Waals surface area contributed by atoms with Crippen LogP contribution in [0.3, 0.4) is 0 Å². The lowest BCUT2D eigenvalue weighted by atomic mass is 10.2. The van der Waals surface area contributed by atoms with Gasteiger partial charge in [-0.05, 0) is 19.3 Å². The van der Waals surface area contributed by atoms with Crippen LogP contribution in [0.25, 0.3) is 0 Å². The first-order valence-corrected chi connectivity index (χ1v) is 6.58. The normalized spacial score (nSPS) is 18.2. The molecular weight excluding hydrogens is 238 g/mol. The van der Waals surface area contributed by atoms with Crippen molar-refractivity contribution in [1.29, 1.82) is 0 Å². The number of halogens is 1. The average Bonchev–Trinajstić information content (AvgIpc) is 2.91. The van der Waals surface area contributed by atoms with Gasteiger partial charge in [0.05, 0.1) is 11.2 Å². The third-order valence-corrected chi connectivity index (χ3v) is 3.48. The summed E-state index contributed by atoms with van der Waals surface area (Å²) in [4.78, 5) is 12.1. The highest BCUT2D eigenvalue weighted by Crippen LogP contribution is 2.20. The van der Waals surface area contributed by atoms with Gasteiger partial charge < -0.3 is 5.32 Å². The quantitative estimate of drug-likeness (QED) is 0.899. The van der Waals surface area contributed by atoms with Gasteiger partial charge in [-0.25, -0.2) is 0 Å². The minimum absolute atomic E-state index is 0.0548. The van der Waals surface area contributed by atoms with Crippen LogP contribution in [0.1, 0.15) is 45.1 Å². The minimum Gasteiger partial charge on any atom is -0.352 e. The first-order chi connectivity index (χ1) is 8.20. The second-order valence-electron chi connectivity index (χ2n) is 4.55. The van der Waals surface area contributed by atoms with Gasteiger partial charge in [0, 0.05) is 12.2 Å². The zero-order chi connectivity index (χ0) is 12.3. The van der Waals surface area contributed by atoms with E-state index in [-0.39, 0.29) is 11.9 Å². The van der Waals surface area contributed by atoms with E-state index < -0.39 is 0 Å². The summed E-state index contributed by atoms with van der Waals surface area (Å²) < 4.78 is 1.65. The molecule has 1 aromatic heterocycles. The number of carbonyl (C=O) groups is 1. The molecule has 0 bridgehead atoms. The van der Waals surface area contributed by atoms with E-state index in [1.165, 1.54) is 12.8 Å². The van der Waals surface area contributed by atoms with Crippen LogP contribution in [0.2, 0.25) is 5.02 Å². The maximum Gasteiger partial charge on any atom is 0.245 e. The Bertz CT molecular complexity index is 385. The second kappa shape index (κ2) is 5.54. The Morgan fingerprint density at radius 1 is 1.65 bits per heavy atom. The molecule has 1 saturated carbocycles. The highest BCUT2D eigenvalue weighted by Gasteiger charge is 2.23. The molecule has 2 rings (SSSR count). The molecule has 5 heteroatoms. The summed E-state index contributed by atoms with van der Waals surface area (Å²) in [5, 5.41) is 7.77. The zero-order valence-corrected chi connectivity index (χ0v) is 10.8. The molecule has 94 valence electrons. The molecule has 1 amide bonds. The number of rotatable bonds is 4. The molecular formula is C12H18ClN3O. The van der Waals surface area contributed by atoms with Crippen molar-refractivity contribution in [3.05, 3.63) is 17.4 Å². The summed E-state index contributed by atoms with van der Waals surface area (Å²) in [6.07, 6.45) is 8.61. The van der Waals surface area contributed by atoms with Gasteiger partial charge in [-0.3, -0.25) is 9.48 Å². The largest absolute Gasteiger partial charge is 0.352 e. The van der Waals surface area contributed by atoms with Crippen molar-refractivity contribution in [3.63, 3.8) is 0 Å². The van der Waals surface area contributed by atoms with Gasteiger partial charge in [-0.1, -0.05) is 31.4 Å². The molecule has 1 aliphatic carbocycles. The molecule has 0 saturated heterocycles. The highest BCUT2D eigenvalue weighted by atomic mass is 35.5. The Hall–Kier alpha value is -1.03. The summed E-state index contributed by atoms with van der Waals surface area (Å²) in [6.45, 7) is 1.98. The highest BCUT2D eigenvalue weighted by molar-refractivity contribution is 6.30. The average molecular weight is 256 g/mol. The molecule has 1 aliphatic rings. The summed E-state index contributed by atoms with van der Waals surface area (Å²) in [6, 6.07) is 0.102. The van der Waals surface area contributed by atoms with Gasteiger partial charge >= 0.3 is 0 Å². The number of aromatic nitrogens is 2. The van der Waals surface area contributed by atoms with Crippen LogP contribution in [-0.4, -0.2) is 21.7 Å². The third-order valence-electron chi connectivity index (χ3n) is 3.28. The number of hydrogen-bond donors (Lipinski definition) is 1. The number of hydrogen-bond acceptors (Lipinski definition) is 2. The summed E-state index contributed by atoms with van der Waals surface area (Å²) in [5.41, 5.74) is 0. The van der Waals surface area contributed by atoms with E-state index in [0.29, 0.717) is 11.1 Å². The lowest BCUT2D eigenvalue weighted by molar-refractivity contribution is -0.125. The van der Waals surface area contributed by atoms with Crippen molar-refractivity contribution >= 4 is 17.5 Å². The number of nitrogens with zero attached hydrogens (tertiary/aromatic N) is 2. The van der Waals surface area contributed by atoms with Crippen LogP contribution >= 0.6 is 11.6 Å². The van der Waals surface area contributed by atoms with E-state index >= 15 is 0 Å². The standard InChI is InChI=1S/C12H18ClN3O/c1-2-11(16-8-9(13)7-14-16)12(17)15-10-5-3-4-6-10/h7-8,10-11H,2-6H2,1H3,(H,15,17). The monoisotopic (exact) mass is 255 g/mol. The topological polar surface area (TPSA) is 46.9 Å². The first-order valence-electron chi connectivity index (χ1n) is 6.20. The van der Waals surface area contributed by atoms with E-state index in [1.807, 2.05) is 6.92 Å². The Labute approximate surface area is 106 Å². The fraction of sp³-hybridized carbons (Fsp3) is 0.667. The Morgan fingerprint density at radius 2 is 2.35 bits per heavy atom. The second-order valence-corrected chi connectivity index (χ2v) is 4.99. The summed E-state index contributed by atoms with van der Waals surface area (Å²) >= 11 is 5.82. The van der Waals surface area contributed by atoms with E-state index in [1.54, 1.807) is 17.1 Å². The van der Waals surface area contributed by atoms with Gasteiger partial charge in [0.2, 0.25) is 5.91 Å². The minimum atomic E-state index is -0.247. The van der Waals surface area contributed by atoms with E-state index in [4.69, 9.17) is 11.6 Å². The Kier molecular flexibility index (Phi) is 4.05. The van der Waals surface area contributed by atoms with Crippen molar-refractivity contribution in [2.75, 3.05) is 0 Å². The van der Waals surface area contributed by atoms with Crippen molar-refractivity contribution < 1.29 is 4.79 Å². The molecule has 17 heavy (non-hydrogen) atoms. The molecule has 1 atom stereocenters. The van der Waals surface area contributed by atoms with Crippen molar-refractivity contribution in [3.8, 4) is 0 Å². The Balaban J connectivity index is 1.99. The number of carbonyl (C=O) groups excluding carboxylic acids is 1.